The first-order chi connectivity index (χ1) is 9.20. The van der Waals surface area contributed by atoms with Gasteiger partial charge in [-0.05, 0) is 52.5 Å². The predicted octanol–water partition coefficient (Wildman–Crippen LogP) is 5.37. The van der Waals surface area contributed by atoms with Crippen molar-refractivity contribution in [1.29, 1.82) is 0 Å². The fraction of sp³-hybridized carbons (Fsp3) is 0.250. The molecule has 0 aliphatic rings. The second kappa shape index (κ2) is 6.97. The van der Waals surface area contributed by atoms with Crippen LogP contribution in [0.15, 0.2) is 53.0 Å². The molecule has 100 valence electrons. The molecule has 1 atom stereocenters. The van der Waals surface area contributed by atoms with E-state index >= 15 is 0 Å². The van der Waals surface area contributed by atoms with Gasteiger partial charge in [0.15, 0.2) is 0 Å². The van der Waals surface area contributed by atoms with Crippen LogP contribution in [0, 0.1) is 0 Å². The number of hydrogen-bond donors (Lipinski definition) is 0. The summed E-state index contributed by atoms with van der Waals surface area (Å²) < 4.78 is 6.45. The Labute approximate surface area is 127 Å². The van der Waals surface area contributed by atoms with E-state index in [0.717, 1.165) is 22.2 Å². The summed E-state index contributed by atoms with van der Waals surface area (Å²) in [5.74, 6) is 0.856. The van der Waals surface area contributed by atoms with Crippen LogP contribution in [0.2, 0.25) is 0 Å². The lowest BCUT2D eigenvalue weighted by atomic mass is 10.0. The maximum Gasteiger partial charge on any atom is 0.133 e. The van der Waals surface area contributed by atoms with Gasteiger partial charge in [-0.3, -0.25) is 0 Å². The lowest BCUT2D eigenvalue weighted by Gasteiger charge is -2.12. The number of rotatable bonds is 5. The van der Waals surface area contributed by atoms with Gasteiger partial charge in [-0.2, -0.15) is 0 Å². The van der Waals surface area contributed by atoms with Crippen molar-refractivity contribution in [1.82, 2.24) is 0 Å². The van der Waals surface area contributed by atoms with Crippen LogP contribution >= 0.6 is 27.5 Å². The first-order valence-electron chi connectivity index (χ1n) is 6.31. The topological polar surface area (TPSA) is 9.23 Å². The third kappa shape index (κ3) is 3.99. The van der Waals surface area contributed by atoms with Crippen LogP contribution in [0.5, 0.6) is 5.75 Å². The van der Waals surface area contributed by atoms with Crippen molar-refractivity contribution in [3.05, 3.63) is 64.1 Å². The summed E-state index contributed by atoms with van der Waals surface area (Å²) in [6.07, 6.45) is 0.822. The largest absolute Gasteiger partial charge is 0.493 e. The zero-order chi connectivity index (χ0) is 13.7. The van der Waals surface area contributed by atoms with Gasteiger partial charge in [0.1, 0.15) is 5.75 Å². The van der Waals surface area contributed by atoms with Crippen molar-refractivity contribution in [2.75, 3.05) is 6.61 Å². The first kappa shape index (κ1) is 14.4. The zero-order valence-electron chi connectivity index (χ0n) is 10.8. The molecule has 0 N–H and O–H groups in total. The van der Waals surface area contributed by atoms with Crippen molar-refractivity contribution >= 4 is 27.5 Å². The summed E-state index contributed by atoms with van der Waals surface area (Å²) >= 11 is 10.00. The second-order valence-electron chi connectivity index (χ2n) is 4.28. The average Bonchev–Trinajstić information content (AvgIpc) is 2.42. The Morgan fingerprint density at radius 2 is 1.89 bits per heavy atom. The normalized spacial score (nSPS) is 12.2. The van der Waals surface area contributed by atoms with Crippen molar-refractivity contribution in [2.45, 2.75) is 18.7 Å². The quantitative estimate of drug-likeness (QED) is 0.665. The van der Waals surface area contributed by atoms with E-state index in [0.29, 0.717) is 6.61 Å². The third-order valence-corrected chi connectivity index (χ3v) is 3.90. The summed E-state index contributed by atoms with van der Waals surface area (Å²) in [5.41, 5.74) is 2.34. The Morgan fingerprint density at radius 1 is 1.16 bits per heavy atom. The van der Waals surface area contributed by atoms with Crippen LogP contribution in [0.3, 0.4) is 0 Å². The molecule has 2 rings (SSSR count). The van der Waals surface area contributed by atoms with Gasteiger partial charge < -0.3 is 4.74 Å². The lowest BCUT2D eigenvalue weighted by Crippen LogP contribution is -1.98. The van der Waals surface area contributed by atoms with Crippen molar-refractivity contribution in [2.24, 2.45) is 0 Å². The van der Waals surface area contributed by atoms with Gasteiger partial charge in [0.05, 0.1) is 16.5 Å². The molecule has 0 bridgehead atoms. The molecule has 19 heavy (non-hydrogen) atoms. The summed E-state index contributed by atoms with van der Waals surface area (Å²) in [6, 6.07) is 16.3. The van der Waals surface area contributed by atoms with Gasteiger partial charge in [0.2, 0.25) is 0 Å². The molecule has 1 nitrogen and oxygen atoms in total. The zero-order valence-corrected chi connectivity index (χ0v) is 13.1. The van der Waals surface area contributed by atoms with Crippen LogP contribution in [0.25, 0.3) is 0 Å². The molecule has 0 amide bonds. The molecule has 3 heteroatoms. The van der Waals surface area contributed by atoms with Crippen LogP contribution in [0.4, 0.5) is 0 Å². The maximum absolute atomic E-state index is 6.48. The van der Waals surface area contributed by atoms with E-state index in [4.69, 9.17) is 16.3 Å². The van der Waals surface area contributed by atoms with Crippen LogP contribution in [-0.2, 0) is 6.42 Å². The van der Waals surface area contributed by atoms with Gasteiger partial charge in [-0.1, -0.05) is 36.4 Å². The fourth-order valence-electron chi connectivity index (χ4n) is 1.92. The van der Waals surface area contributed by atoms with E-state index < -0.39 is 0 Å². The molecule has 0 saturated carbocycles. The molecule has 1 unspecified atom stereocenters. The van der Waals surface area contributed by atoms with Gasteiger partial charge in [-0.15, -0.1) is 11.6 Å². The van der Waals surface area contributed by atoms with Gasteiger partial charge in [0, 0.05) is 0 Å². The third-order valence-electron chi connectivity index (χ3n) is 2.88. The van der Waals surface area contributed by atoms with Gasteiger partial charge >= 0.3 is 0 Å². The Balaban J connectivity index is 2.11. The predicted molar refractivity (Wildman–Crippen MR) is 84.1 cm³/mol. The minimum Gasteiger partial charge on any atom is -0.493 e. The summed E-state index contributed by atoms with van der Waals surface area (Å²) in [6.45, 7) is 2.63. The lowest BCUT2D eigenvalue weighted by molar-refractivity contribution is 0.338. The fourth-order valence-corrected chi connectivity index (χ4v) is 2.75. The molecular weight excluding hydrogens is 324 g/mol. The van der Waals surface area contributed by atoms with Gasteiger partial charge in [0.25, 0.3) is 0 Å². The molecule has 0 saturated heterocycles. The minimum absolute atomic E-state index is 0.0330. The molecule has 0 radical (unpaired) electrons. The van der Waals surface area contributed by atoms with Crippen LogP contribution in [0.1, 0.15) is 23.4 Å². The van der Waals surface area contributed by atoms with Crippen molar-refractivity contribution in [3.8, 4) is 5.75 Å². The number of halogens is 2. The number of benzene rings is 2. The number of hydrogen-bond acceptors (Lipinski definition) is 1. The average molecular weight is 340 g/mol. The summed E-state index contributed by atoms with van der Waals surface area (Å²) in [5, 5.41) is -0.0330. The van der Waals surface area contributed by atoms with E-state index in [1.165, 1.54) is 5.56 Å². The van der Waals surface area contributed by atoms with Crippen molar-refractivity contribution in [3.63, 3.8) is 0 Å². The molecular formula is C16H16BrClO. The standard InChI is InChI=1S/C16H16BrClO/c1-2-19-16-9-8-13(11-14(16)17)15(18)10-12-6-4-3-5-7-12/h3-9,11,15H,2,10H2,1H3. The van der Waals surface area contributed by atoms with E-state index in [9.17, 15) is 0 Å². The first-order valence-corrected chi connectivity index (χ1v) is 7.54. The SMILES string of the molecule is CCOc1ccc(C(Cl)Cc2ccccc2)cc1Br. The van der Waals surface area contributed by atoms with Crippen molar-refractivity contribution < 1.29 is 4.74 Å². The van der Waals surface area contributed by atoms with E-state index in [1.807, 2.05) is 43.3 Å². The second-order valence-corrected chi connectivity index (χ2v) is 5.66. The Bertz CT molecular complexity index is 528. The molecule has 0 heterocycles. The van der Waals surface area contributed by atoms with E-state index in [1.54, 1.807) is 0 Å². The molecule has 0 aromatic heterocycles. The highest BCUT2D eigenvalue weighted by molar-refractivity contribution is 9.10. The highest BCUT2D eigenvalue weighted by Gasteiger charge is 2.11. The molecule has 0 spiro atoms. The molecule has 0 fully saturated rings. The molecule has 0 aliphatic carbocycles. The summed E-state index contributed by atoms with van der Waals surface area (Å²) in [7, 11) is 0. The monoisotopic (exact) mass is 338 g/mol. The molecule has 2 aromatic carbocycles. The maximum atomic E-state index is 6.48. The number of ether oxygens (including phenoxy) is 1. The molecule has 0 aliphatic heterocycles. The number of alkyl halides is 1. The molecule has 2 aromatic rings. The van der Waals surface area contributed by atoms with E-state index in [2.05, 4.69) is 28.1 Å². The van der Waals surface area contributed by atoms with Crippen LogP contribution < -0.4 is 4.74 Å². The smallest absolute Gasteiger partial charge is 0.133 e. The van der Waals surface area contributed by atoms with Crippen LogP contribution in [-0.4, -0.2) is 6.61 Å². The Kier molecular flexibility index (Phi) is 5.29. The minimum atomic E-state index is -0.0330. The highest BCUT2D eigenvalue weighted by atomic mass is 79.9. The van der Waals surface area contributed by atoms with E-state index in [-0.39, 0.29) is 5.38 Å². The Morgan fingerprint density at radius 3 is 2.53 bits per heavy atom. The van der Waals surface area contributed by atoms with Gasteiger partial charge in [-0.25, -0.2) is 0 Å². The highest BCUT2D eigenvalue weighted by Crippen LogP contribution is 2.32. The summed E-state index contributed by atoms with van der Waals surface area (Å²) in [4.78, 5) is 0. The Hall–Kier alpha value is -0.990.